The van der Waals surface area contributed by atoms with E-state index in [2.05, 4.69) is 20.3 Å². The van der Waals surface area contributed by atoms with Crippen molar-refractivity contribution < 1.29 is 55.7 Å². The Balaban J connectivity index is 1.44. The summed E-state index contributed by atoms with van der Waals surface area (Å²) >= 11 is 2.43. The minimum absolute atomic E-state index is 0.0868. The van der Waals surface area contributed by atoms with Gasteiger partial charge in [-0.15, -0.1) is 0 Å². The monoisotopic (exact) mass is 729 g/mol. The predicted molar refractivity (Wildman–Crippen MR) is 164 cm³/mol. The lowest BCUT2D eigenvalue weighted by Gasteiger charge is -2.22. The zero-order valence-electron chi connectivity index (χ0n) is 24.2. The summed E-state index contributed by atoms with van der Waals surface area (Å²) < 4.78 is 87.5. The number of nitrogens with one attached hydrogen (secondary N) is 1. The minimum Gasteiger partial charge on any atom is -0.367 e. The van der Waals surface area contributed by atoms with Gasteiger partial charge in [-0.25, -0.2) is 15.0 Å². The second-order valence-corrected chi connectivity index (χ2v) is 16.5. The molecule has 0 amide bonds. The van der Waals surface area contributed by atoms with E-state index in [1.54, 1.807) is 11.8 Å². The molecule has 1 aromatic carbocycles. The van der Waals surface area contributed by atoms with Gasteiger partial charge in [-0.3, -0.25) is 13.7 Å². The third-order valence-corrected chi connectivity index (χ3v) is 11.8. The summed E-state index contributed by atoms with van der Waals surface area (Å²) in [7, 11) is -9.58. The van der Waals surface area contributed by atoms with Gasteiger partial charge in [0.1, 0.15) is 18.3 Å². The largest absolute Gasteiger partial charge is 0.389 e. The second-order valence-electron chi connectivity index (χ2n) is 10.4. The highest BCUT2D eigenvalue weighted by Crippen LogP contribution is 2.56. The average molecular weight is 730 g/mol. The fraction of sp³-hybridized carbons (Fsp3) is 0.560. The third-order valence-electron chi connectivity index (χ3n) is 6.84. The van der Waals surface area contributed by atoms with Crippen LogP contribution in [-0.2, 0) is 34.3 Å². The summed E-state index contributed by atoms with van der Waals surface area (Å²) in [6, 6.07) is 9.37. The van der Waals surface area contributed by atoms with Crippen molar-refractivity contribution in [3.05, 3.63) is 42.2 Å². The maximum Gasteiger partial charge on any atom is 0.389 e. The highest BCUT2D eigenvalue weighted by atomic mass is 32.2. The van der Waals surface area contributed by atoms with Crippen molar-refractivity contribution in [2.24, 2.45) is 0 Å². The number of thioether (sulfide) groups is 2. The molecule has 2 saturated heterocycles. The van der Waals surface area contributed by atoms with Crippen molar-refractivity contribution >= 4 is 55.7 Å². The smallest absolute Gasteiger partial charge is 0.367 e. The molecule has 254 valence electrons. The molecule has 0 spiro atoms. The van der Waals surface area contributed by atoms with Gasteiger partial charge in [0.05, 0.1) is 19.4 Å². The Bertz CT molecular complexity index is 1590. The first-order valence-corrected chi connectivity index (χ1v) is 19.8. The van der Waals surface area contributed by atoms with Crippen molar-refractivity contribution in [1.82, 2.24) is 19.5 Å². The van der Waals surface area contributed by atoms with Crippen molar-refractivity contribution in [1.29, 1.82) is 0 Å². The van der Waals surface area contributed by atoms with Crippen LogP contribution in [0.4, 0.5) is 19.0 Å². The molecule has 2 aliphatic rings. The van der Waals surface area contributed by atoms with Gasteiger partial charge >= 0.3 is 21.4 Å². The summed E-state index contributed by atoms with van der Waals surface area (Å²) in [5.41, 5.74) is 1.50. The number of fused-ring (bicyclic) bond motifs is 2. The Kier molecular flexibility index (Phi) is 11.4. The van der Waals surface area contributed by atoms with E-state index in [0.29, 0.717) is 24.3 Å². The highest BCUT2D eigenvalue weighted by molar-refractivity contribution is 7.99. The fourth-order valence-electron chi connectivity index (χ4n) is 4.92. The first-order chi connectivity index (χ1) is 21.7. The molecule has 0 aliphatic carbocycles. The average Bonchev–Trinajstić information content (AvgIpc) is 3.64. The van der Waals surface area contributed by atoms with Crippen molar-refractivity contribution in [2.75, 3.05) is 42.1 Å². The fourth-order valence-corrected chi connectivity index (χ4v) is 8.62. The number of ether oxygens (including phenoxy) is 3. The summed E-state index contributed by atoms with van der Waals surface area (Å²) in [6.45, 7) is -0.0563. The van der Waals surface area contributed by atoms with Crippen LogP contribution >= 0.6 is 38.7 Å². The topological polar surface area (TPSA) is 187 Å². The molecule has 0 saturated carbocycles. The van der Waals surface area contributed by atoms with Crippen LogP contribution in [0, 0.1) is 0 Å². The number of rotatable bonds is 15. The van der Waals surface area contributed by atoms with E-state index >= 15 is 0 Å². The van der Waals surface area contributed by atoms with Gasteiger partial charge in [0.25, 0.3) is 0 Å². The lowest BCUT2D eigenvalue weighted by Crippen LogP contribution is -2.31. The van der Waals surface area contributed by atoms with E-state index in [0.717, 1.165) is 23.1 Å². The molecule has 21 heteroatoms. The number of nitrogens with zero attached hydrogens (tertiary/aromatic N) is 4. The van der Waals surface area contributed by atoms with Crippen LogP contribution < -0.4 is 5.32 Å². The summed E-state index contributed by atoms with van der Waals surface area (Å²) in [5.74, 6) is -0.621. The van der Waals surface area contributed by atoms with Crippen LogP contribution in [0.5, 0.6) is 0 Å². The molecule has 2 fully saturated rings. The Morgan fingerprint density at radius 2 is 1.80 bits per heavy atom. The van der Waals surface area contributed by atoms with Gasteiger partial charge in [0, 0.05) is 24.5 Å². The number of imidazole rings is 1. The van der Waals surface area contributed by atoms with Crippen LogP contribution in [0.1, 0.15) is 18.2 Å². The van der Waals surface area contributed by atoms with Crippen LogP contribution in [0.3, 0.4) is 0 Å². The molecular formula is C25H32F3N5O9P2S2. The number of alkyl halides is 3. The van der Waals surface area contributed by atoms with Crippen LogP contribution in [0.25, 0.3) is 11.2 Å². The SMILES string of the molecule is CSCCNc1nc(SCCC(F)(F)F)nc2c1ncn2C1OC(COP(=O)(O)CP(=O)(O)O)C2OC(Cc3ccccc3)OC21. The first-order valence-electron chi connectivity index (χ1n) is 13.9. The van der Waals surface area contributed by atoms with Crippen LogP contribution in [0.2, 0.25) is 0 Å². The summed E-state index contributed by atoms with van der Waals surface area (Å²) in [6.07, 6.45) is -6.07. The van der Waals surface area contributed by atoms with Crippen molar-refractivity contribution in [3.8, 4) is 0 Å². The molecule has 4 heterocycles. The zero-order chi connectivity index (χ0) is 33.1. The molecule has 46 heavy (non-hydrogen) atoms. The number of hydrogen-bond acceptors (Lipinski definition) is 12. The van der Waals surface area contributed by atoms with Gasteiger partial charge in [0.2, 0.25) is 0 Å². The molecule has 3 aromatic rings. The maximum absolute atomic E-state index is 12.9. The van der Waals surface area contributed by atoms with Gasteiger partial charge in [-0.1, -0.05) is 42.1 Å². The molecule has 0 bridgehead atoms. The quantitative estimate of drug-likeness (QED) is 0.0753. The first kappa shape index (κ1) is 35.5. The molecule has 6 atom stereocenters. The van der Waals surface area contributed by atoms with Gasteiger partial charge < -0.3 is 38.7 Å². The van der Waals surface area contributed by atoms with E-state index in [1.807, 2.05) is 36.6 Å². The van der Waals surface area contributed by atoms with E-state index in [4.69, 9.17) is 18.7 Å². The number of aromatic nitrogens is 4. The minimum atomic E-state index is -4.87. The molecule has 2 aliphatic heterocycles. The molecule has 0 radical (unpaired) electrons. The van der Waals surface area contributed by atoms with Gasteiger partial charge in [-0.05, 0) is 11.8 Å². The summed E-state index contributed by atoms with van der Waals surface area (Å²) in [4.78, 5) is 41.8. The Labute approximate surface area is 269 Å². The molecule has 5 rings (SSSR count). The molecular weight excluding hydrogens is 697 g/mol. The lowest BCUT2D eigenvalue weighted by atomic mass is 10.1. The Morgan fingerprint density at radius 3 is 2.50 bits per heavy atom. The standard InChI is InChI=1S/C25H32F3N5O9P2S2/c1-45-10-8-29-21-18-22(32-24(31-21)46-9-7-25(26,27)28)33(13-30-18)23-20-19(41-17(42-20)11-15-5-3-2-4-6-15)16(40-23)12-39-44(37,38)14-43(34,35)36/h2-6,13,16-17,19-20,23H,7-12,14H2,1H3,(H,37,38)(H,29,31,32)(H2,34,35,36). The summed E-state index contributed by atoms with van der Waals surface area (Å²) in [5, 5.41) is 3.25. The van der Waals surface area contributed by atoms with Crippen LogP contribution in [-0.4, -0.2) is 102 Å². The number of benzene rings is 1. The molecule has 14 nitrogen and oxygen atoms in total. The molecule has 2 aromatic heterocycles. The molecule has 4 N–H and O–H groups in total. The number of halogens is 3. The van der Waals surface area contributed by atoms with E-state index in [1.165, 1.54) is 10.9 Å². The van der Waals surface area contributed by atoms with Crippen LogP contribution in [0.15, 0.2) is 41.8 Å². The zero-order valence-corrected chi connectivity index (χ0v) is 27.6. The maximum atomic E-state index is 12.9. The van der Waals surface area contributed by atoms with E-state index < -0.39 is 71.1 Å². The van der Waals surface area contributed by atoms with Gasteiger partial charge in [0.15, 0.2) is 40.6 Å². The Morgan fingerprint density at radius 1 is 1.07 bits per heavy atom. The predicted octanol–water partition coefficient (Wildman–Crippen LogP) is 4.23. The molecule has 6 unspecified atom stereocenters. The lowest BCUT2D eigenvalue weighted by molar-refractivity contribution is -0.148. The highest BCUT2D eigenvalue weighted by Gasteiger charge is 2.54. The van der Waals surface area contributed by atoms with Crippen molar-refractivity contribution in [3.63, 3.8) is 0 Å². The third kappa shape index (κ3) is 9.44. The van der Waals surface area contributed by atoms with E-state index in [-0.39, 0.29) is 16.6 Å². The number of anilines is 1. The van der Waals surface area contributed by atoms with Crippen molar-refractivity contribution in [2.45, 2.75) is 55.0 Å². The van der Waals surface area contributed by atoms with E-state index in [9.17, 15) is 37.0 Å². The number of hydrogen-bond donors (Lipinski definition) is 4. The second kappa shape index (κ2) is 14.8. The van der Waals surface area contributed by atoms with Gasteiger partial charge in [-0.2, -0.15) is 24.9 Å². The normalized spacial score (nSPS) is 24.7. The Hall–Kier alpha value is -1.76.